The Balaban J connectivity index is 0.00000243. The molecule has 2 heterocycles. The first-order valence-electron chi connectivity index (χ1n) is 8.55. The molecule has 5 nitrogen and oxygen atoms in total. The lowest BCUT2D eigenvalue weighted by Crippen LogP contribution is -2.40. The Morgan fingerprint density at radius 3 is 2.77 bits per heavy atom. The highest BCUT2D eigenvalue weighted by molar-refractivity contribution is 7.09. The van der Waals surface area contributed by atoms with Crippen LogP contribution in [0.2, 0.25) is 0 Å². The van der Waals surface area contributed by atoms with Crippen LogP contribution in [0.4, 0.5) is 5.69 Å². The Kier molecular flexibility index (Phi) is 8.38. The number of rotatable bonds is 8. The van der Waals surface area contributed by atoms with Gasteiger partial charge in [-0.2, -0.15) is 0 Å². The number of methoxy groups -OCH3 is 1. The molecule has 0 radical (unpaired) electrons. The molecule has 1 fully saturated rings. The Morgan fingerprint density at radius 1 is 1.35 bits per heavy atom. The molecule has 1 aliphatic heterocycles. The van der Waals surface area contributed by atoms with Crippen molar-refractivity contribution in [3.05, 3.63) is 46.7 Å². The minimum atomic E-state index is 0. The fourth-order valence-electron chi connectivity index (χ4n) is 2.88. The number of hydrogen-bond donors (Lipinski definition) is 1. The summed E-state index contributed by atoms with van der Waals surface area (Å²) in [4.78, 5) is 15.8. The molecule has 1 unspecified atom stereocenters. The number of amides is 1. The van der Waals surface area contributed by atoms with Gasteiger partial charge in [-0.3, -0.25) is 4.79 Å². The molecule has 0 spiro atoms. The first-order chi connectivity index (χ1) is 12.3. The number of nitrogens with one attached hydrogen (secondary N) is 1. The number of anilines is 1. The van der Waals surface area contributed by atoms with Crippen LogP contribution in [0, 0.1) is 0 Å². The van der Waals surface area contributed by atoms with Crippen LogP contribution in [-0.2, 0) is 16.1 Å². The summed E-state index contributed by atoms with van der Waals surface area (Å²) in [6, 6.07) is 11.7. The topological polar surface area (TPSA) is 50.8 Å². The van der Waals surface area contributed by atoms with E-state index in [1.54, 1.807) is 18.4 Å². The van der Waals surface area contributed by atoms with Crippen molar-refractivity contribution in [3.8, 4) is 5.75 Å². The summed E-state index contributed by atoms with van der Waals surface area (Å²) in [5.41, 5.74) is 0.873. The zero-order valence-corrected chi connectivity index (χ0v) is 16.5. The highest BCUT2D eigenvalue weighted by atomic mass is 35.5. The first-order valence-corrected chi connectivity index (χ1v) is 9.43. The zero-order valence-electron chi connectivity index (χ0n) is 14.8. The molecule has 7 heteroatoms. The number of ether oxygens (including phenoxy) is 2. The van der Waals surface area contributed by atoms with Gasteiger partial charge in [-0.1, -0.05) is 6.07 Å². The van der Waals surface area contributed by atoms with E-state index in [2.05, 4.69) is 5.32 Å². The summed E-state index contributed by atoms with van der Waals surface area (Å²) in [5.74, 6) is 0.834. The van der Waals surface area contributed by atoms with Crippen LogP contribution in [0.3, 0.4) is 0 Å². The van der Waals surface area contributed by atoms with Crippen LogP contribution >= 0.6 is 23.7 Å². The maximum absolute atomic E-state index is 12.8. The van der Waals surface area contributed by atoms with E-state index in [0.29, 0.717) is 13.1 Å². The van der Waals surface area contributed by atoms with E-state index < -0.39 is 0 Å². The quantitative estimate of drug-likeness (QED) is 0.742. The van der Waals surface area contributed by atoms with Crippen LogP contribution in [0.1, 0.15) is 17.7 Å². The summed E-state index contributed by atoms with van der Waals surface area (Å²) in [5, 5.41) is 5.27. The smallest absolute Gasteiger partial charge is 0.241 e. The van der Waals surface area contributed by atoms with Crippen molar-refractivity contribution in [1.29, 1.82) is 0 Å². The summed E-state index contributed by atoms with van der Waals surface area (Å²) in [6.07, 6.45) is 2.41. The van der Waals surface area contributed by atoms with Gasteiger partial charge in [0.05, 0.1) is 26.3 Å². The predicted octanol–water partition coefficient (Wildman–Crippen LogP) is 3.48. The summed E-state index contributed by atoms with van der Waals surface area (Å²) in [7, 11) is 1.64. The molecular formula is C19H25ClN2O3S. The minimum absolute atomic E-state index is 0. The number of benzene rings is 1. The van der Waals surface area contributed by atoms with E-state index in [4.69, 9.17) is 9.47 Å². The standard InChI is InChI=1S/C19H24N2O3S.ClH/c1-23-16-8-6-15(7-9-16)21(14-18-5-3-11-25-18)19(22)13-20-12-17-4-2-10-24-17;/h3,5-9,11,17,20H,2,4,10,12-14H2,1H3;1H. The Morgan fingerprint density at radius 2 is 2.15 bits per heavy atom. The molecule has 3 rings (SSSR count). The average Bonchev–Trinajstić information content (AvgIpc) is 3.33. The molecule has 1 aliphatic rings. The van der Waals surface area contributed by atoms with E-state index in [9.17, 15) is 4.79 Å². The van der Waals surface area contributed by atoms with Crippen LogP contribution < -0.4 is 15.0 Å². The number of carbonyl (C=O) groups excluding carboxylic acids is 1. The van der Waals surface area contributed by atoms with Crippen molar-refractivity contribution in [2.75, 3.05) is 31.7 Å². The van der Waals surface area contributed by atoms with Gasteiger partial charge in [0.1, 0.15) is 5.75 Å². The molecule has 1 amide bonds. The molecule has 0 saturated carbocycles. The third kappa shape index (κ3) is 5.71. The Hall–Kier alpha value is -1.60. The molecule has 142 valence electrons. The largest absolute Gasteiger partial charge is 0.497 e. The number of halogens is 1. The number of nitrogens with zero attached hydrogens (tertiary/aromatic N) is 1. The van der Waals surface area contributed by atoms with Crippen LogP contribution in [0.15, 0.2) is 41.8 Å². The van der Waals surface area contributed by atoms with Crippen molar-refractivity contribution in [2.45, 2.75) is 25.5 Å². The van der Waals surface area contributed by atoms with Gasteiger partial charge >= 0.3 is 0 Å². The van der Waals surface area contributed by atoms with Gasteiger partial charge in [0, 0.05) is 23.7 Å². The summed E-state index contributed by atoms with van der Waals surface area (Å²) in [6.45, 7) is 2.43. The fourth-order valence-corrected chi connectivity index (χ4v) is 3.58. The first kappa shape index (κ1) is 20.7. The van der Waals surface area contributed by atoms with E-state index in [-0.39, 0.29) is 24.4 Å². The predicted molar refractivity (Wildman–Crippen MR) is 108 cm³/mol. The van der Waals surface area contributed by atoms with E-state index in [0.717, 1.165) is 42.3 Å². The second kappa shape index (κ2) is 10.5. The van der Waals surface area contributed by atoms with E-state index in [1.165, 1.54) is 0 Å². The molecule has 1 N–H and O–H groups in total. The van der Waals surface area contributed by atoms with Gasteiger partial charge in [-0.05, 0) is 48.6 Å². The molecule has 2 aromatic rings. The van der Waals surface area contributed by atoms with Gasteiger partial charge < -0.3 is 19.7 Å². The number of thiophene rings is 1. The van der Waals surface area contributed by atoms with Gasteiger partial charge in [-0.25, -0.2) is 0 Å². The highest BCUT2D eigenvalue weighted by Crippen LogP contribution is 2.23. The maximum Gasteiger partial charge on any atom is 0.241 e. The molecule has 26 heavy (non-hydrogen) atoms. The van der Waals surface area contributed by atoms with Crippen LogP contribution in [0.25, 0.3) is 0 Å². The summed E-state index contributed by atoms with van der Waals surface area (Å²) < 4.78 is 10.8. The lowest BCUT2D eigenvalue weighted by atomic mass is 10.2. The fraction of sp³-hybridized carbons (Fsp3) is 0.421. The second-order valence-electron chi connectivity index (χ2n) is 6.02. The van der Waals surface area contributed by atoms with Crippen molar-refractivity contribution in [2.24, 2.45) is 0 Å². The molecule has 1 aromatic carbocycles. The second-order valence-corrected chi connectivity index (χ2v) is 7.06. The van der Waals surface area contributed by atoms with Crippen molar-refractivity contribution >= 4 is 35.3 Å². The van der Waals surface area contributed by atoms with E-state index >= 15 is 0 Å². The molecule has 0 bridgehead atoms. The van der Waals surface area contributed by atoms with E-state index in [1.807, 2.05) is 46.7 Å². The molecular weight excluding hydrogens is 372 g/mol. The van der Waals surface area contributed by atoms with Crippen molar-refractivity contribution < 1.29 is 14.3 Å². The number of hydrogen-bond acceptors (Lipinski definition) is 5. The normalized spacial score (nSPS) is 16.1. The SMILES string of the molecule is COc1ccc(N(Cc2cccs2)C(=O)CNCC2CCCO2)cc1.Cl. The maximum atomic E-state index is 12.8. The Bertz CT molecular complexity index is 658. The number of carbonyl (C=O) groups is 1. The third-order valence-electron chi connectivity index (χ3n) is 4.25. The van der Waals surface area contributed by atoms with Crippen LogP contribution in [-0.4, -0.2) is 38.8 Å². The molecule has 1 atom stereocenters. The van der Waals surface area contributed by atoms with Gasteiger partial charge in [0.15, 0.2) is 0 Å². The Labute approximate surface area is 164 Å². The van der Waals surface area contributed by atoms with Gasteiger partial charge in [0.25, 0.3) is 0 Å². The van der Waals surface area contributed by atoms with Crippen LogP contribution in [0.5, 0.6) is 5.75 Å². The van der Waals surface area contributed by atoms with Gasteiger partial charge in [0.2, 0.25) is 5.91 Å². The van der Waals surface area contributed by atoms with Crippen molar-refractivity contribution in [3.63, 3.8) is 0 Å². The third-order valence-corrected chi connectivity index (χ3v) is 5.11. The highest BCUT2D eigenvalue weighted by Gasteiger charge is 2.19. The average molecular weight is 397 g/mol. The minimum Gasteiger partial charge on any atom is -0.497 e. The van der Waals surface area contributed by atoms with Gasteiger partial charge in [-0.15, -0.1) is 23.7 Å². The zero-order chi connectivity index (χ0) is 17.5. The molecule has 1 saturated heterocycles. The van der Waals surface area contributed by atoms with Crippen molar-refractivity contribution in [1.82, 2.24) is 5.32 Å². The lowest BCUT2D eigenvalue weighted by molar-refractivity contribution is -0.118. The lowest BCUT2D eigenvalue weighted by Gasteiger charge is -2.23. The monoisotopic (exact) mass is 396 g/mol. The molecule has 0 aliphatic carbocycles. The summed E-state index contributed by atoms with van der Waals surface area (Å²) >= 11 is 1.66. The molecule has 1 aromatic heterocycles.